The molecule has 0 heterocycles. The molecule has 2 rings (SSSR count). The van der Waals surface area contributed by atoms with Gasteiger partial charge in [-0.1, -0.05) is 30.3 Å². The van der Waals surface area contributed by atoms with E-state index in [0.29, 0.717) is 5.56 Å². The molecule has 2 aromatic carbocycles. The topological polar surface area (TPSA) is 122 Å². The quantitative estimate of drug-likeness (QED) is 0.478. The number of nitrogens with zero attached hydrogens (tertiary/aromatic N) is 1. The van der Waals surface area contributed by atoms with Gasteiger partial charge in [0.15, 0.2) is 0 Å². The van der Waals surface area contributed by atoms with Gasteiger partial charge in [0.2, 0.25) is 10.0 Å². The van der Waals surface area contributed by atoms with Crippen LogP contribution in [0.4, 0.5) is 11.4 Å². The van der Waals surface area contributed by atoms with Crippen LogP contribution in [0.1, 0.15) is 25.5 Å². The first kappa shape index (κ1) is 19.8. The van der Waals surface area contributed by atoms with Gasteiger partial charge >= 0.3 is 0 Å². The van der Waals surface area contributed by atoms with Crippen molar-refractivity contribution in [1.29, 1.82) is 0 Å². The number of rotatable bonds is 8. The summed E-state index contributed by atoms with van der Waals surface area (Å²) in [5.74, 6) is 0. The molecule has 0 aliphatic heterocycles. The fraction of sp³-hybridized carbons (Fsp3) is 0.294. The predicted octanol–water partition coefficient (Wildman–Crippen LogP) is 2.43. The molecule has 0 bridgehead atoms. The van der Waals surface area contributed by atoms with Crippen LogP contribution in [0.25, 0.3) is 0 Å². The Labute approximate surface area is 152 Å². The summed E-state index contributed by atoms with van der Waals surface area (Å²) in [4.78, 5) is 10.5. The first-order chi connectivity index (χ1) is 12.2. The number of aliphatic hydroxyl groups excluding tert-OH is 1. The van der Waals surface area contributed by atoms with Crippen molar-refractivity contribution < 1.29 is 18.4 Å². The number of anilines is 1. The van der Waals surface area contributed by atoms with Gasteiger partial charge in [-0.15, -0.1) is 0 Å². The molecule has 0 radical (unpaired) electrons. The Hall–Kier alpha value is -2.49. The first-order valence-electron chi connectivity index (χ1n) is 7.98. The van der Waals surface area contributed by atoms with Crippen LogP contribution < -0.4 is 10.0 Å². The summed E-state index contributed by atoms with van der Waals surface area (Å²) in [6.45, 7) is 3.36. The van der Waals surface area contributed by atoms with Gasteiger partial charge in [0.05, 0.1) is 15.9 Å². The summed E-state index contributed by atoms with van der Waals surface area (Å²) < 4.78 is 26.8. The minimum Gasteiger partial charge on any atom is -0.387 e. The number of nitrogens with one attached hydrogen (secondary N) is 2. The Morgan fingerprint density at radius 1 is 1.15 bits per heavy atom. The Bertz CT molecular complexity index is 869. The fourth-order valence-electron chi connectivity index (χ4n) is 2.36. The SMILES string of the molecule is CC(C)NS(=O)(=O)c1ccc(NC[C@@H](O)c2ccccc2)c([N+](=O)[O-])c1. The lowest BCUT2D eigenvalue weighted by molar-refractivity contribution is -0.384. The minimum atomic E-state index is -3.84. The van der Waals surface area contributed by atoms with Gasteiger partial charge in [0, 0.05) is 18.7 Å². The summed E-state index contributed by atoms with van der Waals surface area (Å²) in [5.41, 5.74) is 0.424. The van der Waals surface area contributed by atoms with E-state index in [2.05, 4.69) is 10.0 Å². The number of aliphatic hydroxyl groups is 1. The third-order valence-electron chi connectivity index (χ3n) is 3.54. The van der Waals surface area contributed by atoms with E-state index in [1.165, 1.54) is 12.1 Å². The highest BCUT2D eigenvalue weighted by Gasteiger charge is 2.22. The molecule has 0 unspecified atom stereocenters. The molecule has 0 aliphatic carbocycles. The largest absolute Gasteiger partial charge is 0.387 e. The molecule has 2 aromatic rings. The van der Waals surface area contributed by atoms with Gasteiger partial charge in [-0.2, -0.15) is 0 Å². The second-order valence-corrected chi connectivity index (χ2v) is 7.73. The first-order valence-corrected chi connectivity index (χ1v) is 9.46. The summed E-state index contributed by atoms with van der Waals surface area (Å²) in [7, 11) is -3.84. The van der Waals surface area contributed by atoms with Crippen molar-refractivity contribution in [2.45, 2.75) is 30.9 Å². The molecule has 26 heavy (non-hydrogen) atoms. The van der Waals surface area contributed by atoms with Crippen molar-refractivity contribution >= 4 is 21.4 Å². The van der Waals surface area contributed by atoms with Crippen LogP contribution >= 0.6 is 0 Å². The van der Waals surface area contributed by atoms with Crippen molar-refractivity contribution in [3.63, 3.8) is 0 Å². The van der Waals surface area contributed by atoms with Crippen LogP contribution in [0.3, 0.4) is 0 Å². The third kappa shape index (κ3) is 5.01. The number of hydrogen-bond acceptors (Lipinski definition) is 6. The average molecular weight is 379 g/mol. The van der Waals surface area contributed by atoms with Crippen LogP contribution in [0.2, 0.25) is 0 Å². The van der Waals surface area contributed by atoms with E-state index in [9.17, 15) is 23.6 Å². The van der Waals surface area contributed by atoms with Crippen LogP contribution in [0.5, 0.6) is 0 Å². The van der Waals surface area contributed by atoms with Crippen LogP contribution in [0, 0.1) is 10.1 Å². The molecule has 140 valence electrons. The maximum atomic E-state index is 12.2. The van der Waals surface area contributed by atoms with Crippen LogP contribution in [-0.2, 0) is 10.0 Å². The summed E-state index contributed by atoms with van der Waals surface area (Å²) in [6.07, 6.45) is -0.859. The van der Waals surface area contributed by atoms with Crippen molar-refractivity contribution in [3.8, 4) is 0 Å². The van der Waals surface area contributed by atoms with Gasteiger partial charge in [-0.3, -0.25) is 10.1 Å². The zero-order chi connectivity index (χ0) is 19.3. The molecule has 0 aromatic heterocycles. The standard InChI is InChI=1S/C17H21N3O5S/c1-12(2)19-26(24,25)14-8-9-15(16(10-14)20(22)23)18-11-17(21)13-6-4-3-5-7-13/h3-10,12,17-19,21H,11H2,1-2H3/t17-/m1/s1. The smallest absolute Gasteiger partial charge is 0.293 e. The van der Waals surface area contributed by atoms with Gasteiger partial charge in [-0.25, -0.2) is 13.1 Å². The lowest BCUT2D eigenvalue weighted by Crippen LogP contribution is -2.30. The Kier molecular flexibility index (Phi) is 6.30. The lowest BCUT2D eigenvalue weighted by Gasteiger charge is -2.14. The molecule has 0 saturated heterocycles. The minimum absolute atomic E-state index is 0.0429. The third-order valence-corrected chi connectivity index (χ3v) is 5.19. The Morgan fingerprint density at radius 3 is 2.38 bits per heavy atom. The number of sulfonamides is 1. The predicted molar refractivity (Wildman–Crippen MR) is 98.4 cm³/mol. The maximum absolute atomic E-state index is 12.2. The Balaban J connectivity index is 2.23. The lowest BCUT2D eigenvalue weighted by atomic mass is 10.1. The van der Waals surface area contributed by atoms with E-state index in [1.807, 2.05) is 6.07 Å². The number of nitro benzene ring substituents is 1. The number of benzene rings is 2. The zero-order valence-electron chi connectivity index (χ0n) is 14.4. The van der Waals surface area contributed by atoms with Gasteiger partial charge in [0.25, 0.3) is 5.69 Å². The molecule has 0 amide bonds. The van der Waals surface area contributed by atoms with Crippen molar-refractivity contribution in [2.24, 2.45) is 0 Å². The molecule has 1 atom stereocenters. The summed E-state index contributed by atoms with van der Waals surface area (Å²) >= 11 is 0. The van der Waals surface area contributed by atoms with Crippen molar-refractivity contribution in [2.75, 3.05) is 11.9 Å². The molecule has 0 aliphatic rings. The fourth-order valence-corrected chi connectivity index (χ4v) is 3.63. The highest BCUT2D eigenvalue weighted by Crippen LogP contribution is 2.28. The van der Waals surface area contributed by atoms with Crippen LogP contribution in [-0.4, -0.2) is 31.0 Å². The molecular formula is C17H21N3O5S. The maximum Gasteiger partial charge on any atom is 0.293 e. The highest BCUT2D eigenvalue weighted by molar-refractivity contribution is 7.89. The zero-order valence-corrected chi connectivity index (χ0v) is 15.2. The van der Waals surface area contributed by atoms with Crippen LogP contribution in [0.15, 0.2) is 53.4 Å². The molecular weight excluding hydrogens is 358 g/mol. The molecule has 8 nitrogen and oxygen atoms in total. The monoisotopic (exact) mass is 379 g/mol. The average Bonchev–Trinajstić information content (AvgIpc) is 2.59. The Morgan fingerprint density at radius 2 is 1.81 bits per heavy atom. The van der Waals surface area contributed by atoms with Crippen molar-refractivity contribution in [1.82, 2.24) is 4.72 Å². The number of nitro groups is 1. The molecule has 0 fully saturated rings. The molecule has 3 N–H and O–H groups in total. The van der Waals surface area contributed by atoms with Gasteiger partial charge in [-0.05, 0) is 31.5 Å². The van der Waals surface area contributed by atoms with E-state index in [0.717, 1.165) is 6.07 Å². The van der Waals surface area contributed by atoms with E-state index in [1.54, 1.807) is 38.1 Å². The molecule has 0 spiro atoms. The van der Waals surface area contributed by atoms with Crippen molar-refractivity contribution in [3.05, 3.63) is 64.2 Å². The molecule has 0 saturated carbocycles. The van der Waals surface area contributed by atoms with Gasteiger partial charge in [0.1, 0.15) is 5.69 Å². The van der Waals surface area contributed by atoms with Gasteiger partial charge < -0.3 is 10.4 Å². The summed E-state index contributed by atoms with van der Waals surface area (Å²) in [5, 5.41) is 24.3. The van der Waals surface area contributed by atoms with E-state index in [-0.39, 0.29) is 28.9 Å². The molecule has 9 heteroatoms. The second kappa shape index (κ2) is 8.26. The number of hydrogen-bond donors (Lipinski definition) is 3. The summed E-state index contributed by atoms with van der Waals surface area (Å²) in [6, 6.07) is 12.1. The van der Waals surface area contributed by atoms with E-state index < -0.39 is 21.1 Å². The normalized spacial score (nSPS) is 12.8. The van der Waals surface area contributed by atoms with E-state index >= 15 is 0 Å². The highest BCUT2D eigenvalue weighted by atomic mass is 32.2. The second-order valence-electron chi connectivity index (χ2n) is 6.02. The van der Waals surface area contributed by atoms with E-state index in [4.69, 9.17) is 0 Å².